The van der Waals surface area contributed by atoms with Gasteiger partial charge in [0, 0.05) is 5.56 Å². The Hall–Kier alpha value is -1.75. The summed E-state index contributed by atoms with van der Waals surface area (Å²) in [5.74, 6) is -0.110. The molecule has 1 N–H and O–H groups in total. The number of methoxy groups -OCH3 is 2. The van der Waals surface area contributed by atoms with Crippen LogP contribution in [0.1, 0.15) is 30.6 Å². The molecule has 0 fully saturated rings. The minimum Gasteiger partial charge on any atom is -0.495 e. The van der Waals surface area contributed by atoms with Crippen LogP contribution in [-0.2, 0) is 9.53 Å². The van der Waals surface area contributed by atoms with Crippen LogP contribution in [0.5, 0.6) is 5.75 Å². The van der Waals surface area contributed by atoms with Crippen molar-refractivity contribution in [3.63, 3.8) is 0 Å². The first-order chi connectivity index (χ1) is 9.88. The Kier molecular flexibility index (Phi) is 6.49. The third-order valence-corrected chi connectivity index (χ3v) is 3.21. The molecule has 116 valence electrons. The van der Waals surface area contributed by atoms with Crippen LogP contribution >= 0.6 is 11.6 Å². The number of carbonyl (C=O) groups is 2. The number of benzene rings is 1. The monoisotopic (exact) mass is 313 g/mol. The van der Waals surface area contributed by atoms with Gasteiger partial charge in [-0.3, -0.25) is 4.79 Å². The molecule has 0 bridgehead atoms. The number of carbonyl (C=O) groups excluding carboxylic acids is 2. The second kappa shape index (κ2) is 7.88. The topological polar surface area (TPSA) is 64.6 Å². The molecule has 0 saturated carbocycles. The number of ether oxygens (including phenoxy) is 2. The van der Waals surface area contributed by atoms with Gasteiger partial charge < -0.3 is 14.8 Å². The number of amides is 1. The summed E-state index contributed by atoms with van der Waals surface area (Å²) in [7, 11) is 2.79. The van der Waals surface area contributed by atoms with E-state index in [0.29, 0.717) is 22.8 Å². The molecule has 0 unspecified atom stereocenters. The molecule has 5 nitrogen and oxygen atoms in total. The van der Waals surface area contributed by atoms with Gasteiger partial charge in [-0.05, 0) is 30.5 Å². The molecule has 0 aromatic heterocycles. The number of rotatable bonds is 6. The van der Waals surface area contributed by atoms with Crippen LogP contribution in [0.25, 0.3) is 0 Å². The van der Waals surface area contributed by atoms with E-state index in [9.17, 15) is 9.59 Å². The van der Waals surface area contributed by atoms with Crippen LogP contribution in [-0.4, -0.2) is 32.1 Å². The highest BCUT2D eigenvalue weighted by Gasteiger charge is 2.23. The predicted octanol–water partition coefficient (Wildman–Crippen LogP) is 2.67. The molecule has 0 aliphatic carbocycles. The van der Waals surface area contributed by atoms with E-state index >= 15 is 0 Å². The van der Waals surface area contributed by atoms with Gasteiger partial charge in [-0.2, -0.15) is 0 Å². The lowest BCUT2D eigenvalue weighted by molar-refractivity contribution is -0.143. The molecular formula is C15H20ClNO4. The zero-order chi connectivity index (χ0) is 16.0. The van der Waals surface area contributed by atoms with Gasteiger partial charge in [-0.1, -0.05) is 25.4 Å². The SMILES string of the molecule is COC(=O)[C@@H](CC(C)C)NC(=O)c1ccc(OC)c(Cl)c1. The van der Waals surface area contributed by atoms with E-state index in [1.807, 2.05) is 13.8 Å². The van der Waals surface area contributed by atoms with Gasteiger partial charge in [-0.15, -0.1) is 0 Å². The number of esters is 1. The fourth-order valence-corrected chi connectivity index (χ4v) is 2.13. The lowest BCUT2D eigenvalue weighted by atomic mass is 10.0. The van der Waals surface area contributed by atoms with E-state index < -0.39 is 12.0 Å². The quantitative estimate of drug-likeness (QED) is 0.820. The molecule has 1 aromatic rings. The van der Waals surface area contributed by atoms with E-state index in [-0.39, 0.29) is 11.8 Å². The van der Waals surface area contributed by atoms with Gasteiger partial charge in [-0.25, -0.2) is 4.79 Å². The van der Waals surface area contributed by atoms with E-state index in [4.69, 9.17) is 21.1 Å². The maximum Gasteiger partial charge on any atom is 0.328 e. The van der Waals surface area contributed by atoms with Gasteiger partial charge in [0.15, 0.2) is 0 Å². The van der Waals surface area contributed by atoms with Crippen LogP contribution in [0, 0.1) is 5.92 Å². The van der Waals surface area contributed by atoms with Crippen molar-refractivity contribution in [2.45, 2.75) is 26.3 Å². The Bertz CT molecular complexity index is 516. The zero-order valence-electron chi connectivity index (χ0n) is 12.6. The third-order valence-electron chi connectivity index (χ3n) is 2.91. The van der Waals surface area contributed by atoms with E-state index in [1.54, 1.807) is 12.1 Å². The zero-order valence-corrected chi connectivity index (χ0v) is 13.4. The van der Waals surface area contributed by atoms with Crippen molar-refractivity contribution < 1.29 is 19.1 Å². The standard InChI is InChI=1S/C15H20ClNO4/c1-9(2)7-12(15(19)21-4)17-14(18)10-5-6-13(20-3)11(16)8-10/h5-6,8-9,12H,7H2,1-4H3,(H,17,18)/t12-/m1/s1. The lowest BCUT2D eigenvalue weighted by Gasteiger charge is -2.18. The van der Waals surface area contributed by atoms with Crippen LogP contribution < -0.4 is 10.1 Å². The van der Waals surface area contributed by atoms with Crippen LogP contribution in [0.4, 0.5) is 0 Å². The first kappa shape index (κ1) is 17.3. The van der Waals surface area contributed by atoms with Gasteiger partial charge >= 0.3 is 5.97 Å². The van der Waals surface area contributed by atoms with E-state index in [1.165, 1.54) is 20.3 Å². The van der Waals surface area contributed by atoms with Crippen molar-refractivity contribution in [1.82, 2.24) is 5.32 Å². The minimum absolute atomic E-state index is 0.244. The second-order valence-electron chi connectivity index (χ2n) is 5.03. The Morgan fingerprint density at radius 2 is 1.95 bits per heavy atom. The Labute approximate surface area is 129 Å². The average molecular weight is 314 g/mol. The van der Waals surface area contributed by atoms with Crippen molar-refractivity contribution in [3.05, 3.63) is 28.8 Å². The molecule has 21 heavy (non-hydrogen) atoms. The number of hydrogen-bond acceptors (Lipinski definition) is 4. The molecular weight excluding hydrogens is 294 g/mol. The summed E-state index contributed by atoms with van der Waals surface area (Å²) in [4.78, 5) is 23.9. The largest absolute Gasteiger partial charge is 0.495 e. The summed E-state index contributed by atoms with van der Waals surface area (Å²) in [5.41, 5.74) is 0.360. The normalized spacial score (nSPS) is 11.9. The first-order valence-electron chi connectivity index (χ1n) is 6.61. The molecule has 0 radical (unpaired) electrons. The molecule has 0 aliphatic rings. The molecule has 1 rings (SSSR count). The van der Waals surface area contributed by atoms with E-state index in [0.717, 1.165) is 0 Å². The van der Waals surface area contributed by atoms with Crippen molar-refractivity contribution in [2.75, 3.05) is 14.2 Å². The fourth-order valence-electron chi connectivity index (χ4n) is 1.88. The van der Waals surface area contributed by atoms with Gasteiger partial charge in [0.1, 0.15) is 11.8 Å². The summed E-state index contributed by atoms with van der Waals surface area (Å²) in [5, 5.41) is 3.00. The molecule has 0 saturated heterocycles. The Morgan fingerprint density at radius 3 is 2.43 bits per heavy atom. The molecule has 1 aromatic carbocycles. The summed E-state index contributed by atoms with van der Waals surface area (Å²) in [6.45, 7) is 3.93. The van der Waals surface area contributed by atoms with Crippen molar-refractivity contribution in [2.24, 2.45) is 5.92 Å². The molecule has 0 aliphatic heterocycles. The summed E-state index contributed by atoms with van der Waals surface area (Å²) in [6.07, 6.45) is 0.502. The smallest absolute Gasteiger partial charge is 0.328 e. The summed E-state index contributed by atoms with van der Waals surface area (Å²) < 4.78 is 9.74. The van der Waals surface area contributed by atoms with Crippen LogP contribution in [0.3, 0.4) is 0 Å². The van der Waals surface area contributed by atoms with Crippen molar-refractivity contribution in [1.29, 1.82) is 0 Å². The van der Waals surface area contributed by atoms with Crippen molar-refractivity contribution in [3.8, 4) is 5.75 Å². The third kappa shape index (κ3) is 4.93. The Morgan fingerprint density at radius 1 is 1.29 bits per heavy atom. The highest BCUT2D eigenvalue weighted by atomic mass is 35.5. The fraction of sp³-hybridized carbons (Fsp3) is 0.467. The first-order valence-corrected chi connectivity index (χ1v) is 6.99. The maximum absolute atomic E-state index is 12.2. The summed E-state index contributed by atoms with van der Waals surface area (Å²) >= 11 is 5.99. The number of nitrogens with one attached hydrogen (secondary N) is 1. The Balaban J connectivity index is 2.86. The number of halogens is 1. The molecule has 0 heterocycles. The highest BCUT2D eigenvalue weighted by molar-refractivity contribution is 6.32. The second-order valence-corrected chi connectivity index (χ2v) is 5.44. The van der Waals surface area contributed by atoms with Gasteiger partial charge in [0.2, 0.25) is 0 Å². The molecule has 6 heteroatoms. The summed E-state index contributed by atoms with van der Waals surface area (Å²) in [6, 6.07) is 4.01. The van der Waals surface area contributed by atoms with E-state index in [2.05, 4.69) is 5.32 Å². The predicted molar refractivity (Wildman–Crippen MR) is 80.7 cm³/mol. The van der Waals surface area contributed by atoms with Crippen LogP contribution in [0.15, 0.2) is 18.2 Å². The molecule has 1 amide bonds. The van der Waals surface area contributed by atoms with Gasteiger partial charge in [0.05, 0.1) is 19.2 Å². The highest BCUT2D eigenvalue weighted by Crippen LogP contribution is 2.25. The molecule has 1 atom stereocenters. The average Bonchev–Trinajstić information content (AvgIpc) is 2.44. The lowest BCUT2D eigenvalue weighted by Crippen LogP contribution is -2.42. The molecule has 0 spiro atoms. The van der Waals surface area contributed by atoms with Crippen molar-refractivity contribution >= 4 is 23.5 Å². The minimum atomic E-state index is -0.677. The number of hydrogen-bond donors (Lipinski definition) is 1. The van der Waals surface area contributed by atoms with Crippen LogP contribution in [0.2, 0.25) is 5.02 Å². The van der Waals surface area contributed by atoms with Gasteiger partial charge in [0.25, 0.3) is 5.91 Å². The maximum atomic E-state index is 12.2.